The predicted molar refractivity (Wildman–Crippen MR) is 69.3 cm³/mol. The van der Waals surface area contributed by atoms with Gasteiger partial charge < -0.3 is 15.2 Å². The number of carboxylic acid groups (broad SMARTS) is 1. The van der Waals surface area contributed by atoms with Crippen molar-refractivity contribution in [1.29, 1.82) is 0 Å². The van der Waals surface area contributed by atoms with Crippen molar-refractivity contribution in [1.82, 2.24) is 5.32 Å². The molecule has 1 aromatic rings. The van der Waals surface area contributed by atoms with E-state index in [2.05, 4.69) is 5.32 Å². The molecule has 5 heteroatoms. The molecule has 1 aromatic carbocycles. The summed E-state index contributed by atoms with van der Waals surface area (Å²) < 4.78 is 5.29. The molecule has 1 heterocycles. The van der Waals surface area contributed by atoms with Gasteiger partial charge in [-0.05, 0) is 31.5 Å². The first kappa shape index (κ1) is 13.5. The largest absolute Gasteiger partial charge is 0.478 e. The van der Waals surface area contributed by atoms with Crippen molar-refractivity contribution in [2.24, 2.45) is 5.92 Å². The van der Waals surface area contributed by atoms with Gasteiger partial charge in [0.05, 0.1) is 12.2 Å². The van der Waals surface area contributed by atoms with Crippen molar-refractivity contribution in [3.8, 4) is 0 Å². The van der Waals surface area contributed by atoms with Crippen molar-refractivity contribution in [2.45, 2.75) is 19.4 Å². The summed E-state index contributed by atoms with van der Waals surface area (Å²) in [4.78, 5) is 22.9. The highest BCUT2D eigenvalue weighted by atomic mass is 16.5. The Balaban J connectivity index is 2.02. The van der Waals surface area contributed by atoms with Gasteiger partial charge in [-0.1, -0.05) is 6.07 Å². The summed E-state index contributed by atoms with van der Waals surface area (Å²) in [6, 6.07) is 6.05. The number of nitrogens with one attached hydrogen (secondary N) is 1. The molecule has 102 valence electrons. The van der Waals surface area contributed by atoms with Crippen LogP contribution in [0.1, 0.15) is 34.1 Å². The maximum atomic E-state index is 12.0. The number of carbonyl (C=O) groups excluding carboxylic acids is 1. The topological polar surface area (TPSA) is 75.6 Å². The van der Waals surface area contributed by atoms with Crippen LogP contribution >= 0.6 is 0 Å². The Hall–Kier alpha value is -1.88. The molecule has 2 atom stereocenters. The molecule has 19 heavy (non-hydrogen) atoms. The van der Waals surface area contributed by atoms with E-state index in [-0.39, 0.29) is 17.5 Å². The molecule has 0 saturated carbocycles. The second-order valence-electron chi connectivity index (χ2n) is 4.77. The fraction of sp³-hybridized carbons (Fsp3) is 0.429. The average Bonchev–Trinajstić information content (AvgIpc) is 2.92. The number of hydrogen-bond acceptors (Lipinski definition) is 3. The number of benzene rings is 1. The lowest BCUT2D eigenvalue weighted by Crippen LogP contribution is -2.38. The molecule has 0 aliphatic carbocycles. The Labute approximate surface area is 111 Å². The maximum absolute atomic E-state index is 12.0. The Morgan fingerprint density at radius 2 is 2.16 bits per heavy atom. The minimum Gasteiger partial charge on any atom is -0.478 e. The SMILES string of the molecule is CC(NC(=O)c1cccc(C(=O)O)c1)C1CCOC1. The number of aromatic carboxylic acids is 1. The quantitative estimate of drug-likeness (QED) is 0.864. The molecule has 0 radical (unpaired) electrons. The van der Waals surface area contributed by atoms with Gasteiger partial charge in [-0.25, -0.2) is 4.79 Å². The third-order valence-electron chi connectivity index (χ3n) is 3.40. The fourth-order valence-electron chi connectivity index (χ4n) is 2.15. The first-order valence-corrected chi connectivity index (χ1v) is 6.30. The van der Waals surface area contributed by atoms with Crippen LogP contribution in [0.25, 0.3) is 0 Å². The van der Waals surface area contributed by atoms with Crippen LogP contribution < -0.4 is 5.32 Å². The third-order valence-corrected chi connectivity index (χ3v) is 3.40. The third kappa shape index (κ3) is 3.32. The highest BCUT2D eigenvalue weighted by molar-refractivity contribution is 5.97. The predicted octanol–water partition coefficient (Wildman–Crippen LogP) is 1.54. The van der Waals surface area contributed by atoms with Gasteiger partial charge in [0.2, 0.25) is 0 Å². The van der Waals surface area contributed by atoms with Crippen LogP contribution in [-0.4, -0.2) is 36.2 Å². The van der Waals surface area contributed by atoms with Crippen LogP contribution in [0.2, 0.25) is 0 Å². The standard InChI is InChI=1S/C14H17NO4/c1-9(12-5-6-19-8-12)15-13(16)10-3-2-4-11(7-10)14(17)18/h2-4,7,9,12H,5-6,8H2,1H3,(H,15,16)(H,17,18). The molecule has 1 aliphatic heterocycles. The van der Waals surface area contributed by atoms with Crippen LogP contribution in [0.4, 0.5) is 0 Å². The number of carbonyl (C=O) groups is 2. The van der Waals surface area contributed by atoms with Gasteiger partial charge in [-0.2, -0.15) is 0 Å². The lowest BCUT2D eigenvalue weighted by molar-refractivity contribution is 0.0697. The van der Waals surface area contributed by atoms with E-state index >= 15 is 0 Å². The van der Waals surface area contributed by atoms with Crippen molar-refractivity contribution in [3.63, 3.8) is 0 Å². The van der Waals surface area contributed by atoms with Gasteiger partial charge in [0, 0.05) is 24.1 Å². The van der Waals surface area contributed by atoms with Crippen molar-refractivity contribution >= 4 is 11.9 Å². The highest BCUT2D eigenvalue weighted by Gasteiger charge is 2.24. The molecule has 2 unspecified atom stereocenters. The first-order valence-electron chi connectivity index (χ1n) is 6.30. The molecule has 1 amide bonds. The zero-order valence-corrected chi connectivity index (χ0v) is 10.8. The zero-order valence-electron chi connectivity index (χ0n) is 10.8. The summed E-state index contributed by atoms with van der Waals surface area (Å²) in [6.07, 6.45) is 0.941. The molecule has 2 N–H and O–H groups in total. The van der Waals surface area contributed by atoms with E-state index in [1.54, 1.807) is 12.1 Å². The van der Waals surface area contributed by atoms with Crippen LogP contribution in [0.5, 0.6) is 0 Å². The Bertz CT molecular complexity index is 480. The zero-order chi connectivity index (χ0) is 13.8. The van der Waals surface area contributed by atoms with Crippen LogP contribution in [0.15, 0.2) is 24.3 Å². The van der Waals surface area contributed by atoms with Crippen molar-refractivity contribution in [2.75, 3.05) is 13.2 Å². The van der Waals surface area contributed by atoms with Gasteiger partial charge in [0.25, 0.3) is 5.91 Å². The van der Waals surface area contributed by atoms with E-state index < -0.39 is 5.97 Å². The fourth-order valence-corrected chi connectivity index (χ4v) is 2.15. The van der Waals surface area contributed by atoms with Crippen molar-refractivity contribution < 1.29 is 19.4 Å². The maximum Gasteiger partial charge on any atom is 0.335 e. The van der Waals surface area contributed by atoms with Gasteiger partial charge in [-0.15, -0.1) is 0 Å². The van der Waals surface area contributed by atoms with Gasteiger partial charge >= 0.3 is 5.97 Å². The molecular weight excluding hydrogens is 246 g/mol. The second kappa shape index (κ2) is 5.84. The summed E-state index contributed by atoms with van der Waals surface area (Å²) in [5, 5.41) is 11.8. The molecule has 1 aliphatic rings. The number of rotatable bonds is 4. The molecule has 0 bridgehead atoms. The molecule has 2 rings (SSSR count). The van der Waals surface area contributed by atoms with E-state index in [0.717, 1.165) is 13.0 Å². The van der Waals surface area contributed by atoms with Crippen molar-refractivity contribution in [3.05, 3.63) is 35.4 Å². The van der Waals surface area contributed by atoms with Crippen LogP contribution in [0, 0.1) is 5.92 Å². The van der Waals surface area contributed by atoms with Crippen LogP contribution in [0.3, 0.4) is 0 Å². The smallest absolute Gasteiger partial charge is 0.335 e. The second-order valence-corrected chi connectivity index (χ2v) is 4.77. The number of carboxylic acids is 1. The minimum atomic E-state index is -1.04. The lowest BCUT2D eigenvalue weighted by atomic mass is 10.00. The number of ether oxygens (including phenoxy) is 1. The molecule has 0 spiro atoms. The van der Waals surface area contributed by atoms with Gasteiger partial charge in [0.1, 0.15) is 0 Å². The minimum absolute atomic E-state index is 0.0171. The molecule has 5 nitrogen and oxygen atoms in total. The summed E-state index contributed by atoms with van der Waals surface area (Å²) in [5.41, 5.74) is 0.482. The van der Waals surface area contributed by atoms with E-state index in [9.17, 15) is 9.59 Å². The monoisotopic (exact) mass is 263 g/mol. The number of amides is 1. The van der Waals surface area contributed by atoms with E-state index in [0.29, 0.717) is 18.1 Å². The van der Waals surface area contributed by atoms with E-state index in [1.807, 2.05) is 6.92 Å². The number of hydrogen-bond donors (Lipinski definition) is 2. The lowest BCUT2D eigenvalue weighted by Gasteiger charge is -2.19. The normalized spacial score (nSPS) is 19.9. The Kier molecular flexibility index (Phi) is 4.16. The summed E-state index contributed by atoms with van der Waals surface area (Å²) in [6.45, 7) is 3.34. The van der Waals surface area contributed by atoms with E-state index in [1.165, 1.54) is 12.1 Å². The first-order chi connectivity index (χ1) is 9.08. The highest BCUT2D eigenvalue weighted by Crippen LogP contribution is 2.17. The Morgan fingerprint density at radius 3 is 2.79 bits per heavy atom. The summed E-state index contributed by atoms with van der Waals surface area (Å²) in [7, 11) is 0. The molecule has 1 saturated heterocycles. The molecule has 0 aromatic heterocycles. The molecular formula is C14H17NO4. The van der Waals surface area contributed by atoms with Gasteiger partial charge in [-0.3, -0.25) is 4.79 Å². The summed E-state index contributed by atoms with van der Waals surface area (Å²) >= 11 is 0. The molecule has 1 fully saturated rings. The van der Waals surface area contributed by atoms with Gasteiger partial charge in [0.15, 0.2) is 0 Å². The average molecular weight is 263 g/mol. The van der Waals surface area contributed by atoms with E-state index in [4.69, 9.17) is 9.84 Å². The summed E-state index contributed by atoms with van der Waals surface area (Å²) in [5.74, 6) is -0.957. The van der Waals surface area contributed by atoms with Crippen LogP contribution in [-0.2, 0) is 4.74 Å². The Morgan fingerprint density at radius 1 is 1.42 bits per heavy atom.